The molecule has 6 nitrogen and oxygen atoms in total. The van der Waals surface area contributed by atoms with Crippen molar-refractivity contribution < 1.29 is 9.90 Å². The normalized spacial score (nSPS) is 12.5. The number of carbonyl (C=O) groups is 1. The number of carbonyl (C=O) groups excluding carboxylic acids is 1. The molecule has 0 bridgehead atoms. The van der Waals surface area contributed by atoms with Gasteiger partial charge in [0.05, 0.1) is 10.6 Å². The largest absolute Gasteiger partial charge is 0.507 e. The number of anilines is 1. The molecule has 2 aromatic heterocycles. The highest BCUT2D eigenvalue weighted by atomic mass is 32.1. The van der Waals surface area contributed by atoms with E-state index in [2.05, 4.69) is 15.3 Å². The van der Waals surface area contributed by atoms with Crippen molar-refractivity contribution in [2.45, 2.75) is 52.4 Å². The van der Waals surface area contributed by atoms with E-state index in [0.717, 1.165) is 32.3 Å². The Labute approximate surface area is 225 Å². The number of thiazole rings is 1. The average molecular weight is 533 g/mol. The minimum absolute atomic E-state index is 0.277. The number of amidine groups is 1. The van der Waals surface area contributed by atoms with Crippen LogP contribution in [-0.2, 0) is 10.8 Å². The van der Waals surface area contributed by atoms with Gasteiger partial charge >= 0.3 is 0 Å². The van der Waals surface area contributed by atoms with Crippen molar-refractivity contribution in [1.82, 2.24) is 4.98 Å². The van der Waals surface area contributed by atoms with Crippen LogP contribution < -0.4 is 11.1 Å². The highest BCUT2D eigenvalue weighted by Gasteiger charge is 2.27. The first-order chi connectivity index (χ1) is 17.3. The van der Waals surface area contributed by atoms with E-state index in [4.69, 9.17) is 5.73 Å². The maximum Gasteiger partial charge on any atom is 0.275 e. The number of nitrogens with two attached hydrogens (primary N) is 1. The predicted octanol–water partition coefficient (Wildman–Crippen LogP) is 7.46. The standard InChI is InChI=1S/C29H32N4O2S2/c1-28(2,3)20-14-19(15-21(24(20)34)29(4,5)6)32-26(35)22-16-37-27(33-22)17-9-11-18(12-10-17)31-25(30)23-8-7-13-36-23/h7-16,34H,1-6H3,(H2,30,31)(H,32,35). The summed E-state index contributed by atoms with van der Waals surface area (Å²) in [5, 5.41) is 18.4. The Hall–Kier alpha value is -3.49. The molecule has 4 rings (SSSR count). The molecule has 0 aliphatic heterocycles. The monoisotopic (exact) mass is 532 g/mol. The van der Waals surface area contributed by atoms with Gasteiger partial charge in [0.15, 0.2) is 0 Å². The maximum atomic E-state index is 13.1. The van der Waals surface area contributed by atoms with Crippen LogP contribution in [0.2, 0.25) is 0 Å². The first-order valence-corrected chi connectivity index (χ1v) is 13.7. The number of hydrogen-bond donors (Lipinski definition) is 3. The van der Waals surface area contributed by atoms with E-state index in [1.807, 2.05) is 95.5 Å². The summed E-state index contributed by atoms with van der Waals surface area (Å²) in [5.41, 5.74) is 9.71. The van der Waals surface area contributed by atoms with Gasteiger partial charge in [0.25, 0.3) is 5.91 Å². The molecular weight excluding hydrogens is 500 g/mol. The number of benzene rings is 2. The molecule has 0 atom stereocenters. The van der Waals surface area contributed by atoms with Crippen LogP contribution in [0.4, 0.5) is 11.4 Å². The molecule has 0 radical (unpaired) electrons. The highest BCUT2D eigenvalue weighted by Crippen LogP contribution is 2.41. The summed E-state index contributed by atoms with van der Waals surface area (Å²) in [5.74, 6) is 0.464. The molecule has 0 fully saturated rings. The van der Waals surface area contributed by atoms with Gasteiger partial charge in [-0.25, -0.2) is 9.98 Å². The molecule has 1 amide bonds. The predicted molar refractivity (Wildman–Crippen MR) is 156 cm³/mol. The van der Waals surface area contributed by atoms with E-state index in [9.17, 15) is 9.90 Å². The number of hydrogen-bond acceptors (Lipinski definition) is 6. The Morgan fingerprint density at radius 1 is 0.973 bits per heavy atom. The lowest BCUT2D eigenvalue weighted by molar-refractivity contribution is 0.102. The molecule has 0 aliphatic rings. The van der Waals surface area contributed by atoms with Gasteiger partial charge in [-0.3, -0.25) is 4.79 Å². The highest BCUT2D eigenvalue weighted by molar-refractivity contribution is 7.13. The Morgan fingerprint density at radius 3 is 2.14 bits per heavy atom. The molecule has 2 heterocycles. The van der Waals surface area contributed by atoms with Gasteiger partial charge in [-0.15, -0.1) is 22.7 Å². The van der Waals surface area contributed by atoms with Crippen molar-refractivity contribution in [3.63, 3.8) is 0 Å². The molecule has 0 unspecified atom stereocenters. The molecule has 0 spiro atoms. The maximum absolute atomic E-state index is 13.1. The van der Waals surface area contributed by atoms with Crippen LogP contribution in [0.3, 0.4) is 0 Å². The molecule has 37 heavy (non-hydrogen) atoms. The number of nitrogens with zero attached hydrogens (tertiary/aromatic N) is 2. The number of aromatic hydroxyl groups is 1. The number of phenolic OH excluding ortho intramolecular Hbond substituents is 1. The van der Waals surface area contributed by atoms with Crippen molar-refractivity contribution in [2.75, 3.05) is 5.32 Å². The van der Waals surface area contributed by atoms with Crippen LogP contribution >= 0.6 is 22.7 Å². The molecule has 0 saturated heterocycles. The van der Waals surface area contributed by atoms with Gasteiger partial charge in [0.1, 0.15) is 22.3 Å². The third-order valence-corrected chi connectivity index (χ3v) is 7.64. The van der Waals surface area contributed by atoms with Crippen molar-refractivity contribution in [3.05, 3.63) is 81.0 Å². The number of aliphatic imine (C=N–C) groups is 1. The zero-order chi connectivity index (χ0) is 27.0. The molecule has 8 heteroatoms. The summed E-state index contributed by atoms with van der Waals surface area (Å²) in [6.45, 7) is 12.2. The summed E-state index contributed by atoms with van der Waals surface area (Å²) in [7, 11) is 0. The second-order valence-corrected chi connectivity index (χ2v) is 12.7. The van der Waals surface area contributed by atoms with Crippen molar-refractivity contribution in [3.8, 4) is 16.3 Å². The van der Waals surface area contributed by atoms with Crippen LogP contribution in [0.25, 0.3) is 10.6 Å². The Kier molecular flexibility index (Phi) is 7.26. The van der Waals surface area contributed by atoms with Crippen LogP contribution in [0.15, 0.2) is 64.3 Å². The first-order valence-electron chi connectivity index (χ1n) is 12.0. The first kappa shape index (κ1) is 26.6. The number of nitrogens with one attached hydrogen (secondary N) is 1. The van der Waals surface area contributed by atoms with Crippen molar-refractivity contribution in [1.29, 1.82) is 0 Å². The van der Waals surface area contributed by atoms with E-state index in [1.165, 1.54) is 11.3 Å². The van der Waals surface area contributed by atoms with Gasteiger partial charge in [-0.2, -0.15) is 0 Å². The fraction of sp³-hybridized carbons (Fsp3) is 0.276. The third kappa shape index (κ3) is 6.09. The lowest BCUT2D eigenvalue weighted by Crippen LogP contribution is -2.19. The third-order valence-electron chi connectivity index (χ3n) is 5.86. The minimum Gasteiger partial charge on any atom is -0.507 e. The molecule has 0 aliphatic carbocycles. The van der Waals surface area contributed by atoms with Gasteiger partial charge in [0.2, 0.25) is 0 Å². The van der Waals surface area contributed by atoms with Crippen LogP contribution in [-0.4, -0.2) is 21.8 Å². The van der Waals surface area contributed by atoms with Gasteiger partial charge in [-0.1, -0.05) is 47.6 Å². The summed E-state index contributed by atoms with van der Waals surface area (Å²) >= 11 is 2.95. The lowest BCUT2D eigenvalue weighted by atomic mass is 9.79. The quantitative estimate of drug-likeness (QED) is 0.141. The zero-order valence-electron chi connectivity index (χ0n) is 21.9. The van der Waals surface area contributed by atoms with Gasteiger partial charge < -0.3 is 16.2 Å². The van der Waals surface area contributed by atoms with E-state index in [1.54, 1.807) is 16.7 Å². The smallest absolute Gasteiger partial charge is 0.275 e. The van der Waals surface area contributed by atoms with E-state index in [0.29, 0.717) is 17.2 Å². The summed E-state index contributed by atoms with van der Waals surface area (Å²) in [4.78, 5) is 23.1. The summed E-state index contributed by atoms with van der Waals surface area (Å²) in [6, 6.07) is 15.2. The molecular formula is C29H32N4O2S2. The fourth-order valence-corrected chi connectivity index (χ4v) is 5.29. The number of phenols is 1. The Bertz CT molecular complexity index is 1400. The van der Waals surface area contributed by atoms with E-state index < -0.39 is 0 Å². The topological polar surface area (TPSA) is 101 Å². The Morgan fingerprint density at radius 2 is 1.59 bits per heavy atom. The second-order valence-electron chi connectivity index (χ2n) is 10.9. The minimum atomic E-state index is -0.294. The van der Waals surface area contributed by atoms with Gasteiger partial charge in [-0.05, 0) is 58.7 Å². The van der Waals surface area contributed by atoms with Crippen LogP contribution in [0.1, 0.15) is 68.0 Å². The molecule has 0 saturated carbocycles. The summed E-state index contributed by atoms with van der Waals surface area (Å²) < 4.78 is 0. The van der Waals surface area contributed by atoms with E-state index in [-0.39, 0.29) is 22.5 Å². The lowest BCUT2D eigenvalue weighted by Gasteiger charge is -2.28. The SMILES string of the molecule is CC(C)(C)c1cc(NC(=O)c2csc(-c3ccc(N=C(N)c4cccs4)cc3)n2)cc(C(C)(C)C)c1O. The second kappa shape index (κ2) is 10.1. The van der Waals surface area contributed by atoms with Crippen LogP contribution in [0.5, 0.6) is 5.75 Å². The molecule has 4 aromatic rings. The molecule has 2 aromatic carbocycles. The number of aromatic nitrogens is 1. The number of thiophene rings is 1. The van der Waals surface area contributed by atoms with Crippen molar-refractivity contribution in [2.24, 2.45) is 10.7 Å². The zero-order valence-corrected chi connectivity index (χ0v) is 23.6. The summed E-state index contributed by atoms with van der Waals surface area (Å²) in [6.07, 6.45) is 0. The van der Waals surface area contributed by atoms with Crippen molar-refractivity contribution >= 4 is 45.8 Å². The van der Waals surface area contributed by atoms with Gasteiger partial charge in [0, 0.05) is 27.8 Å². The average Bonchev–Trinajstić information content (AvgIpc) is 3.52. The molecule has 192 valence electrons. The van der Waals surface area contributed by atoms with Crippen LogP contribution in [0, 0.1) is 0 Å². The fourth-order valence-electron chi connectivity index (χ4n) is 3.85. The van der Waals surface area contributed by atoms with E-state index >= 15 is 0 Å². The number of rotatable bonds is 5. The molecule has 4 N–H and O–H groups in total. The Balaban J connectivity index is 1.54. The number of amides is 1.